The average Bonchev–Trinajstić information content (AvgIpc) is 3.02. The van der Waals surface area contributed by atoms with E-state index in [1.165, 1.54) is 29.8 Å². The molecule has 0 aromatic heterocycles. The highest BCUT2D eigenvalue weighted by Crippen LogP contribution is 2.20. The summed E-state index contributed by atoms with van der Waals surface area (Å²) in [5.74, 6) is 0.361. The number of carbonyl (C=O) groups is 1. The lowest BCUT2D eigenvalue weighted by Gasteiger charge is -2.23. The SMILES string of the molecule is CN(C)C[C@@H]1CN(Cc2ccccc2)C[C@H]1NC(=O)COc1ccc(F)cc1. The number of likely N-dealkylation sites (tertiary alicyclic amines) is 1. The Labute approximate surface area is 166 Å². The van der Waals surface area contributed by atoms with E-state index < -0.39 is 0 Å². The van der Waals surface area contributed by atoms with Gasteiger partial charge in [-0.05, 0) is 43.9 Å². The summed E-state index contributed by atoms with van der Waals surface area (Å²) in [5.41, 5.74) is 1.28. The van der Waals surface area contributed by atoms with Crippen LogP contribution in [0, 0.1) is 11.7 Å². The van der Waals surface area contributed by atoms with Gasteiger partial charge in [-0.15, -0.1) is 0 Å². The second-order valence-electron chi connectivity index (χ2n) is 7.62. The molecule has 1 aliphatic heterocycles. The molecule has 2 aromatic rings. The normalized spacial score (nSPS) is 19.7. The van der Waals surface area contributed by atoms with Gasteiger partial charge in [-0.2, -0.15) is 0 Å². The van der Waals surface area contributed by atoms with Crippen molar-refractivity contribution in [1.29, 1.82) is 0 Å². The molecule has 1 heterocycles. The summed E-state index contributed by atoms with van der Waals surface area (Å²) in [7, 11) is 4.10. The third-order valence-electron chi connectivity index (χ3n) is 4.90. The fraction of sp³-hybridized carbons (Fsp3) is 0.409. The second kappa shape index (κ2) is 9.66. The number of nitrogens with zero attached hydrogens (tertiary/aromatic N) is 2. The molecule has 5 nitrogen and oxygen atoms in total. The molecular weight excluding hydrogens is 357 g/mol. The van der Waals surface area contributed by atoms with Crippen LogP contribution in [0.3, 0.4) is 0 Å². The van der Waals surface area contributed by atoms with Crippen molar-refractivity contribution in [1.82, 2.24) is 15.1 Å². The van der Waals surface area contributed by atoms with Crippen LogP contribution >= 0.6 is 0 Å². The molecule has 1 saturated heterocycles. The lowest BCUT2D eigenvalue weighted by Crippen LogP contribution is -2.45. The maximum atomic E-state index is 13.0. The lowest BCUT2D eigenvalue weighted by molar-refractivity contribution is -0.124. The minimum atomic E-state index is -0.326. The van der Waals surface area contributed by atoms with Gasteiger partial charge in [0.2, 0.25) is 0 Å². The van der Waals surface area contributed by atoms with Gasteiger partial charge in [0.1, 0.15) is 11.6 Å². The van der Waals surface area contributed by atoms with E-state index in [0.29, 0.717) is 11.7 Å². The van der Waals surface area contributed by atoms with Crippen molar-refractivity contribution in [3.63, 3.8) is 0 Å². The van der Waals surface area contributed by atoms with Crippen LogP contribution in [-0.2, 0) is 11.3 Å². The van der Waals surface area contributed by atoms with Crippen LogP contribution in [0.5, 0.6) is 5.75 Å². The lowest BCUT2D eigenvalue weighted by atomic mass is 10.0. The molecule has 2 aromatic carbocycles. The summed E-state index contributed by atoms with van der Waals surface area (Å²) >= 11 is 0. The van der Waals surface area contributed by atoms with Crippen molar-refractivity contribution < 1.29 is 13.9 Å². The molecule has 1 aliphatic rings. The summed E-state index contributed by atoms with van der Waals surface area (Å²) in [5, 5.41) is 3.13. The Hall–Kier alpha value is -2.44. The molecular formula is C22H28FN3O2. The van der Waals surface area contributed by atoms with Crippen molar-refractivity contribution in [3.05, 3.63) is 66.0 Å². The molecule has 0 unspecified atom stereocenters. The summed E-state index contributed by atoms with van der Waals surface area (Å²) in [6.45, 7) is 3.47. The van der Waals surface area contributed by atoms with Crippen molar-refractivity contribution in [2.75, 3.05) is 40.3 Å². The Morgan fingerprint density at radius 2 is 1.86 bits per heavy atom. The number of nitrogens with one attached hydrogen (secondary N) is 1. The van der Waals surface area contributed by atoms with Crippen molar-refractivity contribution in [3.8, 4) is 5.75 Å². The van der Waals surface area contributed by atoms with Gasteiger partial charge >= 0.3 is 0 Å². The van der Waals surface area contributed by atoms with Gasteiger partial charge in [0.25, 0.3) is 5.91 Å². The van der Waals surface area contributed by atoms with Gasteiger partial charge in [0.05, 0.1) is 0 Å². The van der Waals surface area contributed by atoms with Gasteiger partial charge in [-0.3, -0.25) is 9.69 Å². The summed E-state index contributed by atoms with van der Waals surface area (Å²) < 4.78 is 18.4. The molecule has 150 valence electrons. The van der Waals surface area contributed by atoms with E-state index in [0.717, 1.165) is 26.2 Å². The van der Waals surface area contributed by atoms with Crippen molar-refractivity contribution in [2.24, 2.45) is 5.92 Å². The molecule has 1 N–H and O–H groups in total. The maximum Gasteiger partial charge on any atom is 0.258 e. The largest absolute Gasteiger partial charge is 0.484 e. The fourth-order valence-electron chi connectivity index (χ4n) is 3.68. The van der Waals surface area contributed by atoms with Crippen LogP contribution in [0.2, 0.25) is 0 Å². The van der Waals surface area contributed by atoms with E-state index in [9.17, 15) is 9.18 Å². The Kier molecular flexibility index (Phi) is 7.01. The maximum absolute atomic E-state index is 13.0. The molecule has 28 heavy (non-hydrogen) atoms. The Morgan fingerprint density at radius 1 is 1.14 bits per heavy atom. The van der Waals surface area contributed by atoms with Crippen LogP contribution < -0.4 is 10.1 Å². The van der Waals surface area contributed by atoms with Crippen LogP contribution in [0.15, 0.2) is 54.6 Å². The number of amides is 1. The molecule has 6 heteroatoms. The second-order valence-corrected chi connectivity index (χ2v) is 7.62. The van der Waals surface area contributed by atoms with E-state index in [2.05, 4.69) is 53.5 Å². The van der Waals surface area contributed by atoms with Crippen LogP contribution in [0.4, 0.5) is 4.39 Å². The van der Waals surface area contributed by atoms with Gasteiger partial charge in [0, 0.05) is 38.1 Å². The third kappa shape index (κ3) is 6.04. The highest BCUT2D eigenvalue weighted by molar-refractivity contribution is 5.78. The van der Waals surface area contributed by atoms with Crippen LogP contribution in [0.1, 0.15) is 5.56 Å². The standard InChI is InChI=1S/C22H28FN3O2/c1-25(2)13-18-14-26(12-17-6-4-3-5-7-17)15-21(18)24-22(27)16-28-20-10-8-19(23)9-11-20/h3-11,18,21H,12-16H2,1-2H3,(H,24,27)/t18-,21-/m1/s1. The highest BCUT2D eigenvalue weighted by atomic mass is 19.1. The molecule has 3 rings (SSSR count). The first-order valence-electron chi connectivity index (χ1n) is 9.58. The van der Waals surface area contributed by atoms with Gasteiger partial charge in [-0.1, -0.05) is 30.3 Å². The molecule has 0 saturated carbocycles. The molecule has 0 aliphatic carbocycles. The molecule has 2 atom stereocenters. The number of halogens is 1. The molecule has 1 fully saturated rings. The monoisotopic (exact) mass is 385 g/mol. The molecule has 0 bridgehead atoms. The van der Waals surface area contributed by atoms with Crippen molar-refractivity contribution >= 4 is 5.91 Å². The van der Waals surface area contributed by atoms with E-state index in [4.69, 9.17) is 4.74 Å². The molecule has 1 amide bonds. The minimum absolute atomic E-state index is 0.0739. The fourth-order valence-corrected chi connectivity index (χ4v) is 3.68. The van der Waals surface area contributed by atoms with E-state index in [1.807, 2.05) is 6.07 Å². The first-order valence-corrected chi connectivity index (χ1v) is 9.58. The summed E-state index contributed by atoms with van der Waals surface area (Å²) in [6, 6.07) is 16.1. The number of ether oxygens (including phenoxy) is 1. The predicted molar refractivity (Wildman–Crippen MR) is 108 cm³/mol. The Bertz CT molecular complexity index is 752. The number of benzene rings is 2. The summed E-state index contributed by atoms with van der Waals surface area (Å²) in [6.07, 6.45) is 0. The van der Waals surface area contributed by atoms with Gasteiger partial charge in [-0.25, -0.2) is 4.39 Å². The summed E-state index contributed by atoms with van der Waals surface area (Å²) in [4.78, 5) is 16.9. The van der Waals surface area contributed by atoms with Crippen LogP contribution in [-0.4, -0.2) is 62.1 Å². The zero-order chi connectivity index (χ0) is 19.9. The van der Waals surface area contributed by atoms with E-state index in [-0.39, 0.29) is 24.4 Å². The number of hydrogen-bond acceptors (Lipinski definition) is 4. The minimum Gasteiger partial charge on any atom is -0.484 e. The quantitative estimate of drug-likeness (QED) is 0.758. The first kappa shape index (κ1) is 20.3. The molecule has 0 spiro atoms. The average molecular weight is 385 g/mol. The smallest absolute Gasteiger partial charge is 0.258 e. The van der Waals surface area contributed by atoms with Gasteiger partial charge < -0.3 is 15.0 Å². The highest BCUT2D eigenvalue weighted by Gasteiger charge is 2.34. The predicted octanol–water partition coefficient (Wildman–Crippen LogP) is 2.38. The van der Waals surface area contributed by atoms with Crippen molar-refractivity contribution in [2.45, 2.75) is 12.6 Å². The third-order valence-corrected chi connectivity index (χ3v) is 4.90. The van der Waals surface area contributed by atoms with Gasteiger partial charge in [0.15, 0.2) is 6.61 Å². The Morgan fingerprint density at radius 3 is 2.54 bits per heavy atom. The Balaban J connectivity index is 1.54. The van der Waals surface area contributed by atoms with E-state index in [1.54, 1.807) is 0 Å². The molecule has 0 radical (unpaired) electrons. The number of carbonyl (C=O) groups excluding carboxylic acids is 1. The van der Waals surface area contributed by atoms with E-state index >= 15 is 0 Å². The zero-order valence-corrected chi connectivity index (χ0v) is 16.5. The number of hydrogen-bond donors (Lipinski definition) is 1. The van der Waals surface area contributed by atoms with Crippen LogP contribution in [0.25, 0.3) is 0 Å². The topological polar surface area (TPSA) is 44.8 Å². The first-order chi connectivity index (χ1) is 13.5. The number of rotatable bonds is 8. The zero-order valence-electron chi connectivity index (χ0n) is 16.5.